The summed E-state index contributed by atoms with van der Waals surface area (Å²) in [5, 5.41) is 10.6. The van der Waals surface area contributed by atoms with Gasteiger partial charge in [0.15, 0.2) is 5.75 Å². The largest absolute Gasteiger partial charge is 0.487 e. The molecule has 4 aromatic carbocycles. The molecule has 0 saturated carbocycles. The molecular weight excluding hydrogens is 526 g/mol. The minimum absolute atomic E-state index is 0.0425. The molecular formula is C35H31N3O4. The van der Waals surface area contributed by atoms with Crippen molar-refractivity contribution in [1.29, 1.82) is 0 Å². The van der Waals surface area contributed by atoms with Crippen LogP contribution in [0.5, 0.6) is 11.5 Å². The number of aryl methyl sites for hydroxylation is 1. The van der Waals surface area contributed by atoms with E-state index in [9.17, 15) is 9.90 Å². The van der Waals surface area contributed by atoms with Crippen LogP contribution in [0.2, 0.25) is 0 Å². The van der Waals surface area contributed by atoms with Gasteiger partial charge in [0, 0.05) is 17.2 Å². The van der Waals surface area contributed by atoms with Crippen LogP contribution in [0, 0.1) is 6.92 Å². The van der Waals surface area contributed by atoms with Gasteiger partial charge in [-0.2, -0.15) is 4.73 Å². The molecule has 0 radical (unpaired) electrons. The molecule has 6 aromatic rings. The number of imidazole rings is 1. The van der Waals surface area contributed by atoms with Crippen molar-refractivity contribution in [3.63, 3.8) is 0 Å². The van der Waals surface area contributed by atoms with Crippen molar-refractivity contribution in [1.82, 2.24) is 14.7 Å². The summed E-state index contributed by atoms with van der Waals surface area (Å²) in [5.74, 6) is 1.31. The fourth-order valence-electron chi connectivity index (χ4n) is 5.31. The highest BCUT2D eigenvalue weighted by Gasteiger charge is 2.30. The number of carbonyl (C=O) groups is 1. The second-order valence-electron chi connectivity index (χ2n) is 10.6. The predicted molar refractivity (Wildman–Crippen MR) is 163 cm³/mol. The standard InChI is InChI=1S/C35H31N3O4/c1-24-36-32-9-5-6-10-33(32)38(24)42-30-19-14-27(15-20-30)35(2,22-21-34(39)40)26-12-17-29(18-13-26)41-23-28-16-11-25-7-3-4-8-31(25)37-28/h3-20H,21-23H2,1-2H3,(H,39,40). The Labute approximate surface area is 244 Å². The summed E-state index contributed by atoms with van der Waals surface area (Å²) in [5.41, 5.74) is 5.02. The Morgan fingerprint density at radius 1 is 0.786 bits per heavy atom. The molecule has 210 valence electrons. The van der Waals surface area contributed by atoms with Gasteiger partial charge in [-0.25, -0.2) is 9.97 Å². The third kappa shape index (κ3) is 5.54. The highest BCUT2D eigenvalue weighted by molar-refractivity contribution is 5.78. The first-order valence-corrected chi connectivity index (χ1v) is 13.9. The van der Waals surface area contributed by atoms with E-state index in [2.05, 4.69) is 16.9 Å². The van der Waals surface area contributed by atoms with Crippen LogP contribution in [0.15, 0.2) is 109 Å². The van der Waals surface area contributed by atoms with Gasteiger partial charge in [0.05, 0.1) is 16.7 Å². The molecule has 42 heavy (non-hydrogen) atoms. The number of nitrogens with zero attached hydrogens (tertiary/aromatic N) is 3. The number of benzene rings is 4. The number of fused-ring (bicyclic) bond motifs is 2. The van der Waals surface area contributed by atoms with Gasteiger partial charge >= 0.3 is 5.97 Å². The molecule has 1 N–H and O–H groups in total. The van der Waals surface area contributed by atoms with Gasteiger partial charge in [0.1, 0.15) is 23.7 Å². The van der Waals surface area contributed by atoms with E-state index in [1.165, 1.54) is 0 Å². The maximum absolute atomic E-state index is 11.6. The van der Waals surface area contributed by atoms with E-state index in [0.717, 1.165) is 50.3 Å². The Hall–Kier alpha value is -5.17. The smallest absolute Gasteiger partial charge is 0.303 e. The van der Waals surface area contributed by atoms with Crippen molar-refractivity contribution >= 4 is 27.9 Å². The number of hydrogen-bond acceptors (Lipinski definition) is 5. The number of pyridine rings is 1. The molecule has 7 nitrogen and oxygen atoms in total. The third-order valence-corrected chi connectivity index (χ3v) is 7.74. The summed E-state index contributed by atoms with van der Waals surface area (Å²) in [6.45, 7) is 4.34. The fourth-order valence-corrected chi connectivity index (χ4v) is 5.31. The van der Waals surface area contributed by atoms with Crippen LogP contribution in [0.25, 0.3) is 21.9 Å². The minimum Gasteiger partial charge on any atom is -0.487 e. The molecule has 0 aliphatic rings. The molecule has 0 amide bonds. The Balaban J connectivity index is 1.21. The Morgan fingerprint density at radius 3 is 2.14 bits per heavy atom. The highest BCUT2D eigenvalue weighted by Crippen LogP contribution is 2.38. The third-order valence-electron chi connectivity index (χ3n) is 7.74. The summed E-state index contributed by atoms with van der Waals surface area (Å²) in [6.07, 6.45) is 0.482. The number of hydrogen-bond donors (Lipinski definition) is 1. The molecule has 0 saturated heterocycles. The minimum atomic E-state index is -0.827. The van der Waals surface area contributed by atoms with Crippen LogP contribution in [0.3, 0.4) is 0 Å². The van der Waals surface area contributed by atoms with Gasteiger partial charge in [-0.05, 0) is 73.0 Å². The lowest BCUT2D eigenvalue weighted by Crippen LogP contribution is -2.25. The van der Waals surface area contributed by atoms with Crippen LogP contribution < -0.4 is 9.57 Å². The molecule has 0 aliphatic heterocycles. The SMILES string of the molecule is Cc1nc2ccccc2n1Oc1ccc(C(C)(CCC(=O)O)c2ccc(OCc3ccc4ccccc4n3)cc2)cc1. The van der Waals surface area contributed by atoms with Crippen molar-refractivity contribution in [2.75, 3.05) is 0 Å². The van der Waals surface area contributed by atoms with Crippen molar-refractivity contribution in [2.45, 2.75) is 38.7 Å². The van der Waals surface area contributed by atoms with Gasteiger partial charge in [-0.3, -0.25) is 4.79 Å². The second kappa shape index (κ2) is 11.4. The number of carboxylic acids is 1. The van der Waals surface area contributed by atoms with Crippen LogP contribution in [0.1, 0.15) is 42.4 Å². The summed E-state index contributed by atoms with van der Waals surface area (Å²) < 4.78 is 7.76. The van der Waals surface area contributed by atoms with Gasteiger partial charge in [0.25, 0.3) is 0 Å². The molecule has 2 heterocycles. The van der Waals surface area contributed by atoms with Gasteiger partial charge < -0.3 is 14.7 Å². The molecule has 6 rings (SSSR count). The molecule has 2 aromatic heterocycles. The molecule has 7 heteroatoms. The lowest BCUT2D eigenvalue weighted by Gasteiger charge is -2.31. The molecule has 0 spiro atoms. The first-order valence-electron chi connectivity index (χ1n) is 13.9. The molecule has 1 unspecified atom stereocenters. The van der Waals surface area contributed by atoms with Crippen LogP contribution in [-0.4, -0.2) is 25.8 Å². The lowest BCUT2D eigenvalue weighted by atomic mass is 9.73. The summed E-state index contributed by atoms with van der Waals surface area (Å²) in [6, 6.07) is 35.6. The zero-order valence-corrected chi connectivity index (χ0v) is 23.5. The zero-order chi connectivity index (χ0) is 29.1. The number of aliphatic carboxylic acids is 1. The molecule has 0 fully saturated rings. The van der Waals surface area contributed by atoms with E-state index in [4.69, 9.17) is 9.57 Å². The van der Waals surface area contributed by atoms with E-state index >= 15 is 0 Å². The predicted octanol–water partition coefficient (Wildman–Crippen LogP) is 7.48. The monoisotopic (exact) mass is 557 g/mol. The summed E-state index contributed by atoms with van der Waals surface area (Å²) in [7, 11) is 0. The topological polar surface area (TPSA) is 86.5 Å². The summed E-state index contributed by atoms with van der Waals surface area (Å²) >= 11 is 0. The van der Waals surface area contributed by atoms with E-state index < -0.39 is 11.4 Å². The quantitative estimate of drug-likeness (QED) is 0.188. The van der Waals surface area contributed by atoms with Gasteiger partial charge in [-0.1, -0.05) is 67.6 Å². The van der Waals surface area contributed by atoms with Crippen molar-refractivity contribution < 1.29 is 19.5 Å². The van der Waals surface area contributed by atoms with Gasteiger partial charge in [0.2, 0.25) is 0 Å². The fraction of sp³-hybridized carbons (Fsp3) is 0.171. The lowest BCUT2D eigenvalue weighted by molar-refractivity contribution is -0.137. The average molecular weight is 558 g/mol. The Morgan fingerprint density at radius 2 is 1.43 bits per heavy atom. The van der Waals surface area contributed by atoms with Crippen LogP contribution in [0.4, 0.5) is 0 Å². The number of ether oxygens (including phenoxy) is 1. The average Bonchev–Trinajstić information content (AvgIpc) is 3.33. The van der Waals surface area contributed by atoms with Crippen LogP contribution in [-0.2, 0) is 16.8 Å². The number of para-hydroxylation sites is 3. The van der Waals surface area contributed by atoms with Crippen molar-refractivity contribution in [2.24, 2.45) is 0 Å². The Kier molecular flexibility index (Phi) is 7.32. The molecule has 1 atom stereocenters. The van der Waals surface area contributed by atoms with Crippen LogP contribution >= 0.6 is 0 Å². The van der Waals surface area contributed by atoms with E-state index in [1.54, 1.807) is 4.73 Å². The second-order valence-corrected chi connectivity index (χ2v) is 10.6. The molecule has 0 aliphatic carbocycles. The maximum Gasteiger partial charge on any atom is 0.303 e. The van der Waals surface area contributed by atoms with Crippen molar-refractivity contribution in [3.8, 4) is 11.5 Å². The molecule has 0 bridgehead atoms. The van der Waals surface area contributed by atoms with Crippen molar-refractivity contribution in [3.05, 3.63) is 132 Å². The number of rotatable bonds is 10. The first-order chi connectivity index (χ1) is 20.4. The van der Waals surface area contributed by atoms with E-state index in [1.807, 2.05) is 116 Å². The number of aromatic nitrogens is 3. The first kappa shape index (κ1) is 27.0. The zero-order valence-electron chi connectivity index (χ0n) is 23.5. The normalized spacial score (nSPS) is 12.7. The van der Waals surface area contributed by atoms with E-state index in [-0.39, 0.29) is 6.42 Å². The summed E-state index contributed by atoms with van der Waals surface area (Å²) in [4.78, 5) is 27.0. The number of carboxylic acid groups (broad SMARTS) is 1. The Bertz CT molecular complexity index is 1860. The highest BCUT2D eigenvalue weighted by atomic mass is 16.7. The van der Waals surface area contributed by atoms with E-state index in [0.29, 0.717) is 18.8 Å². The van der Waals surface area contributed by atoms with Gasteiger partial charge in [-0.15, -0.1) is 0 Å². The maximum atomic E-state index is 11.6.